The van der Waals surface area contributed by atoms with Crippen molar-refractivity contribution in [1.82, 2.24) is 5.32 Å². The van der Waals surface area contributed by atoms with E-state index >= 15 is 0 Å². The van der Waals surface area contributed by atoms with Gasteiger partial charge in [0.05, 0.1) is 6.10 Å². The van der Waals surface area contributed by atoms with Crippen molar-refractivity contribution in [3.63, 3.8) is 0 Å². The molecule has 18 heavy (non-hydrogen) atoms. The Balaban J connectivity index is 2.02. The van der Waals surface area contributed by atoms with Crippen LogP contribution >= 0.6 is 34.4 Å². The van der Waals surface area contributed by atoms with Crippen molar-refractivity contribution < 1.29 is 9.90 Å². The highest BCUT2D eigenvalue weighted by Gasteiger charge is 2.28. The van der Waals surface area contributed by atoms with E-state index in [4.69, 9.17) is 0 Å². The number of halogens is 1. The summed E-state index contributed by atoms with van der Waals surface area (Å²) in [6, 6.07) is 0. The molecular weight excluding hydrogens is 361 g/mol. The summed E-state index contributed by atoms with van der Waals surface area (Å²) in [6.45, 7) is 4.91. The molecule has 1 aliphatic heterocycles. The summed E-state index contributed by atoms with van der Waals surface area (Å²) < 4.78 is 1.01. The van der Waals surface area contributed by atoms with Crippen LogP contribution < -0.4 is 5.32 Å². The van der Waals surface area contributed by atoms with Gasteiger partial charge >= 0.3 is 0 Å². The number of amides is 1. The summed E-state index contributed by atoms with van der Waals surface area (Å²) >= 11 is 3.60. The maximum absolute atomic E-state index is 11.2. The first-order valence-corrected chi connectivity index (χ1v) is 8.13. The summed E-state index contributed by atoms with van der Waals surface area (Å²) in [7, 11) is 0. The Kier molecular flexibility index (Phi) is 4.77. The summed E-state index contributed by atoms with van der Waals surface area (Å²) in [6.07, 6.45) is 4.85. The third-order valence-electron chi connectivity index (χ3n) is 3.54. The van der Waals surface area contributed by atoms with Crippen LogP contribution in [0, 0.1) is 11.8 Å². The van der Waals surface area contributed by atoms with E-state index < -0.39 is 0 Å². The summed E-state index contributed by atoms with van der Waals surface area (Å²) in [4.78, 5) is 11.2. The van der Waals surface area contributed by atoms with Crippen molar-refractivity contribution in [2.75, 3.05) is 6.54 Å². The van der Waals surface area contributed by atoms with Gasteiger partial charge < -0.3 is 10.4 Å². The van der Waals surface area contributed by atoms with Gasteiger partial charge in [0, 0.05) is 21.3 Å². The number of carbonyl (C=O) groups is 1. The van der Waals surface area contributed by atoms with Crippen molar-refractivity contribution in [3.05, 3.63) is 21.3 Å². The fourth-order valence-corrected chi connectivity index (χ4v) is 4.20. The third-order valence-corrected chi connectivity index (χ3v) is 5.61. The lowest BCUT2D eigenvalue weighted by Crippen LogP contribution is -2.38. The normalized spacial score (nSPS) is 36.8. The molecular formula is C13H18INO2S. The zero-order valence-electron chi connectivity index (χ0n) is 10.5. The van der Waals surface area contributed by atoms with Gasteiger partial charge in [-0.3, -0.25) is 4.79 Å². The minimum absolute atomic E-state index is 0.0882. The Labute approximate surface area is 126 Å². The topological polar surface area (TPSA) is 49.3 Å². The zero-order valence-corrected chi connectivity index (χ0v) is 13.5. The minimum Gasteiger partial charge on any atom is -0.387 e. The van der Waals surface area contributed by atoms with Crippen molar-refractivity contribution in [2.45, 2.75) is 31.6 Å². The second-order valence-corrected chi connectivity index (χ2v) is 7.63. The molecule has 1 saturated heterocycles. The van der Waals surface area contributed by atoms with Crippen LogP contribution in [0.3, 0.4) is 0 Å². The molecule has 0 bridgehead atoms. The smallest absolute Gasteiger partial charge is 0.279 e. The molecule has 0 spiro atoms. The van der Waals surface area contributed by atoms with Crippen LogP contribution in [0.4, 0.5) is 4.79 Å². The molecule has 5 heteroatoms. The molecule has 4 atom stereocenters. The quantitative estimate of drug-likeness (QED) is 0.725. The molecule has 0 aromatic rings. The van der Waals surface area contributed by atoms with Gasteiger partial charge in [-0.2, -0.15) is 0 Å². The first-order chi connectivity index (χ1) is 8.47. The second kappa shape index (κ2) is 5.96. The molecule has 1 amide bonds. The number of thioether (sulfide) groups is 1. The highest BCUT2D eigenvalue weighted by atomic mass is 127. The lowest BCUT2D eigenvalue weighted by molar-refractivity contribution is 0.181. The maximum Gasteiger partial charge on any atom is 0.279 e. The molecule has 3 unspecified atom stereocenters. The average molecular weight is 379 g/mol. The highest BCUT2D eigenvalue weighted by Crippen LogP contribution is 2.34. The Bertz CT molecular complexity index is 408. The molecule has 2 rings (SSSR count). The van der Waals surface area contributed by atoms with Crippen molar-refractivity contribution in [2.24, 2.45) is 11.8 Å². The van der Waals surface area contributed by atoms with Gasteiger partial charge in [-0.1, -0.05) is 37.3 Å². The molecule has 100 valence electrons. The van der Waals surface area contributed by atoms with Crippen LogP contribution in [-0.4, -0.2) is 28.2 Å². The van der Waals surface area contributed by atoms with Gasteiger partial charge in [0.15, 0.2) is 0 Å². The molecule has 0 saturated carbocycles. The van der Waals surface area contributed by atoms with Crippen LogP contribution in [0.1, 0.15) is 20.3 Å². The molecule has 1 aliphatic carbocycles. The molecule has 1 heterocycles. The van der Waals surface area contributed by atoms with Gasteiger partial charge in [-0.15, -0.1) is 0 Å². The Morgan fingerprint density at radius 2 is 2.28 bits per heavy atom. The van der Waals surface area contributed by atoms with E-state index in [-0.39, 0.29) is 17.3 Å². The number of hydrogen-bond donors (Lipinski definition) is 2. The monoisotopic (exact) mass is 379 g/mol. The second-order valence-electron chi connectivity index (χ2n) is 5.03. The van der Waals surface area contributed by atoms with E-state index in [0.717, 1.165) is 16.5 Å². The van der Waals surface area contributed by atoms with E-state index in [9.17, 15) is 9.90 Å². The van der Waals surface area contributed by atoms with Crippen molar-refractivity contribution >= 4 is 39.6 Å². The van der Waals surface area contributed by atoms with E-state index in [1.807, 2.05) is 6.92 Å². The Hall–Kier alpha value is -0.0100. The minimum atomic E-state index is -0.354. The fourth-order valence-electron chi connectivity index (χ4n) is 2.35. The van der Waals surface area contributed by atoms with Crippen LogP contribution in [0.2, 0.25) is 0 Å². The Morgan fingerprint density at radius 1 is 1.56 bits per heavy atom. The first kappa shape index (κ1) is 14.4. The molecule has 2 aliphatic rings. The number of carbonyl (C=O) groups excluding carboxylic acids is 1. The van der Waals surface area contributed by atoms with E-state index in [0.29, 0.717) is 11.2 Å². The number of rotatable bonds is 2. The SMILES string of the molecule is CC1C=C(CC2CNC(=O)S[C@@H]2C)C=C(I)C1O. The summed E-state index contributed by atoms with van der Waals surface area (Å²) in [5, 5.41) is 13.2. The average Bonchev–Trinajstić information content (AvgIpc) is 2.29. The lowest BCUT2D eigenvalue weighted by atomic mass is 9.88. The van der Waals surface area contributed by atoms with Crippen LogP contribution in [0.25, 0.3) is 0 Å². The van der Waals surface area contributed by atoms with E-state index in [1.54, 1.807) is 0 Å². The third kappa shape index (κ3) is 3.30. The van der Waals surface area contributed by atoms with Gasteiger partial charge in [0.1, 0.15) is 0 Å². The molecule has 1 fully saturated rings. The number of hydrogen-bond acceptors (Lipinski definition) is 3. The lowest BCUT2D eigenvalue weighted by Gasteiger charge is -2.30. The van der Waals surface area contributed by atoms with Gasteiger partial charge in [0.2, 0.25) is 0 Å². The number of aliphatic hydroxyl groups is 1. The fraction of sp³-hybridized carbons (Fsp3) is 0.615. The largest absolute Gasteiger partial charge is 0.387 e. The molecule has 3 nitrogen and oxygen atoms in total. The summed E-state index contributed by atoms with van der Waals surface area (Å²) in [5.41, 5.74) is 1.28. The van der Waals surface area contributed by atoms with Crippen molar-refractivity contribution in [1.29, 1.82) is 0 Å². The van der Waals surface area contributed by atoms with Gasteiger partial charge in [-0.05, 0) is 41.0 Å². The number of allylic oxidation sites excluding steroid dienone is 2. The van der Waals surface area contributed by atoms with Gasteiger partial charge in [0.25, 0.3) is 5.24 Å². The predicted molar refractivity (Wildman–Crippen MR) is 83.9 cm³/mol. The van der Waals surface area contributed by atoms with Crippen molar-refractivity contribution in [3.8, 4) is 0 Å². The van der Waals surface area contributed by atoms with Gasteiger partial charge in [-0.25, -0.2) is 0 Å². The maximum atomic E-state index is 11.2. The van der Waals surface area contributed by atoms with Crippen LogP contribution in [-0.2, 0) is 0 Å². The zero-order chi connectivity index (χ0) is 13.3. The molecule has 0 radical (unpaired) electrons. The molecule has 0 aromatic carbocycles. The molecule has 2 N–H and O–H groups in total. The van der Waals surface area contributed by atoms with E-state index in [1.165, 1.54) is 17.3 Å². The highest BCUT2D eigenvalue weighted by molar-refractivity contribution is 14.1. The summed E-state index contributed by atoms with van der Waals surface area (Å²) in [5.74, 6) is 0.653. The standard InChI is InChI=1S/C13H18INO2S/c1-7-3-9(5-11(14)12(7)16)4-10-6-15-13(17)18-8(10)2/h3,5,7-8,10,12,16H,4,6H2,1-2H3,(H,15,17)/t7?,8-,10?,12?/m1/s1. The van der Waals surface area contributed by atoms with Crippen LogP contribution in [0.15, 0.2) is 21.3 Å². The number of nitrogens with one attached hydrogen (secondary N) is 1. The predicted octanol–water partition coefficient (Wildman–Crippen LogP) is 3.09. The van der Waals surface area contributed by atoms with Crippen LogP contribution in [0.5, 0.6) is 0 Å². The first-order valence-electron chi connectivity index (χ1n) is 6.17. The van der Waals surface area contributed by atoms with E-state index in [2.05, 4.69) is 47.0 Å². The molecule has 0 aromatic heterocycles. The number of aliphatic hydroxyl groups excluding tert-OH is 1. The Morgan fingerprint density at radius 3 is 2.89 bits per heavy atom.